The molecule has 0 aliphatic carbocycles. The summed E-state index contributed by atoms with van der Waals surface area (Å²) in [7, 11) is 0. The van der Waals surface area contributed by atoms with E-state index in [0.717, 1.165) is 140 Å². The number of benzene rings is 15. The first kappa shape index (κ1) is 106. The summed E-state index contributed by atoms with van der Waals surface area (Å²) in [5.74, 6) is 1.46. The van der Waals surface area contributed by atoms with Crippen molar-refractivity contribution in [2.75, 3.05) is 0 Å². The maximum atomic E-state index is 5.93. The van der Waals surface area contributed by atoms with Crippen molar-refractivity contribution >= 4 is 54.4 Å². The zero-order chi connectivity index (χ0) is 96.6. The Kier molecular flexibility index (Phi) is 39.0. The van der Waals surface area contributed by atoms with Crippen molar-refractivity contribution in [1.82, 2.24) is 44.9 Å². The molecule has 0 aliphatic heterocycles. The molecule has 0 saturated carbocycles. The number of nitrogens with zero attached hydrogens (tertiary/aromatic N) is 9. The van der Waals surface area contributed by atoms with Crippen LogP contribution >= 0.6 is 0 Å². The number of furan rings is 1. The zero-order valence-corrected chi connectivity index (χ0v) is 89.5. The van der Waals surface area contributed by atoms with Gasteiger partial charge in [-0.1, -0.05) is 188 Å². The predicted octanol–water partition coefficient (Wildman–Crippen LogP) is 32.6. The Morgan fingerprint density at radius 1 is 0.212 bits per heavy atom. The molecule has 0 N–H and O–H groups in total. The van der Waals surface area contributed by atoms with Gasteiger partial charge >= 0.3 is 0 Å². The van der Waals surface area contributed by atoms with Crippen LogP contribution in [0.25, 0.3) is 189 Å². The van der Waals surface area contributed by atoms with E-state index in [-0.39, 0.29) is 80.4 Å². The van der Waals surface area contributed by atoms with E-state index in [1.165, 1.54) is 65.7 Å². The standard InChI is InChI=1S/C26H18N.C22H16N.C20H14NO.C19H13N2O.4C11H8N.4Ir/c1-18-15-26(19-9-3-2-4-10-19)27-17-25(18)24-16-20-11-5-6-12-21(20)22-13-7-8-14-23(22)24;1-16-21(13-14-23-22(16)18-8-3-2-4-9-18)20-12-11-17-7-5-6-10-19(17)15-20;1-14-11-18(15-7-3-2-4-8-15)21-13-17(14)20-12-16-9-5-6-10-19(16)22-20;1-13-11-17(14-7-3-2-4-8-14)20-12-15(13)19-21-16-9-5-6-10-18(16)22-19;4*1-2-6-10(7-3-1)11-8-4-5-9-12-11;;;;/h2-9,11-17H,1H3;2-8,10-15H,1H3;2-7,9-13H,1H3;2-7,9-12H,1H3;4*1-6,8-9H;;;;/q8*-1;;;;. The van der Waals surface area contributed by atoms with Crippen molar-refractivity contribution in [2.24, 2.45) is 0 Å². The fourth-order valence-corrected chi connectivity index (χ4v) is 16.2. The average molecular weight is 2590 g/mol. The van der Waals surface area contributed by atoms with E-state index in [9.17, 15) is 0 Å². The predicted molar refractivity (Wildman–Crippen MR) is 579 cm³/mol. The van der Waals surface area contributed by atoms with E-state index in [1.54, 1.807) is 24.8 Å². The van der Waals surface area contributed by atoms with Crippen LogP contribution in [0.4, 0.5) is 0 Å². The molecule has 0 atom stereocenters. The van der Waals surface area contributed by atoms with Gasteiger partial charge in [0, 0.05) is 147 Å². The molecule has 10 aromatic heterocycles. The molecule has 0 aliphatic rings. The normalized spacial score (nSPS) is 10.2. The second kappa shape index (κ2) is 53.8. The van der Waals surface area contributed by atoms with Crippen molar-refractivity contribution in [3.8, 4) is 135 Å². The quantitative estimate of drug-likeness (QED) is 0.0852. The van der Waals surface area contributed by atoms with Crippen molar-refractivity contribution in [3.63, 3.8) is 0 Å². The molecule has 0 unspecified atom stereocenters. The second-order valence-corrected chi connectivity index (χ2v) is 32.9. The van der Waals surface area contributed by atoms with Gasteiger partial charge in [0.15, 0.2) is 5.58 Å². The van der Waals surface area contributed by atoms with Crippen molar-refractivity contribution in [2.45, 2.75) is 27.7 Å². The minimum atomic E-state index is 0. The van der Waals surface area contributed by atoms with Crippen LogP contribution in [0.15, 0.2) is 501 Å². The third-order valence-corrected chi connectivity index (χ3v) is 23.4. The Morgan fingerprint density at radius 2 is 0.568 bits per heavy atom. The number of rotatable bonds is 12. The molecular formula is C131H93Ir4N9O2-8. The molecule has 0 saturated heterocycles. The third kappa shape index (κ3) is 27.7. The van der Waals surface area contributed by atoms with E-state index >= 15 is 0 Å². The van der Waals surface area contributed by atoms with Crippen LogP contribution < -0.4 is 0 Å². The van der Waals surface area contributed by atoms with Crippen LogP contribution in [-0.2, 0) is 80.4 Å². The average Bonchev–Trinajstić information content (AvgIpc) is 0.828. The minimum absolute atomic E-state index is 0. The van der Waals surface area contributed by atoms with Crippen molar-refractivity contribution < 1.29 is 89.3 Å². The smallest absolute Gasteiger partial charge is 0.229 e. The summed E-state index contributed by atoms with van der Waals surface area (Å²) in [6.07, 6.45) is 14.7. The first-order valence-corrected chi connectivity index (χ1v) is 46.6. The topological polar surface area (TPSA) is 142 Å². The van der Waals surface area contributed by atoms with Gasteiger partial charge in [-0.3, -0.25) is 0 Å². The number of hydrogen-bond donors (Lipinski definition) is 0. The van der Waals surface area contributed by atoms with Gasteiger partial charge in [0.25, 0.3) is 0 Å². The number of aryl methyl sites for hydroxylation is 3. The second-order valence-electron chi connectivity index (χ2n) is 32.9. The Labute approximate surface area is 906 Å². The van der Waals surface area contributed by atoms with Crippen LogP contribution in [0.3, 0.4) is 0 Å². The molecular weight excluding hydrogens is 2500 g/mol. The zero-order valence-electron chi connectivity index (χ0n) is 79.9. The molecule has 11 nitrogen and oxygen atoms in total. The van der Waals surface area contributed by atoms with Gasteiger partial charge in [0.05, 0.1) is 5.56 Å². The number of para-hydroxylation sites is 3. The summed E-state index contributed by atoms with van der Waals surface area (Å²) < 4.78 is 11.8. The van der Waals surface area contributed by atoms with Gasteiger partial charge in [-0.05, 0) is 206 Å². The summed E-state index contributed by atoms with van der Waals surface area (Å²) in [5, 5.41) is 8.72. The molecule has 0 amide bonds. The van der Waals surface area contributed by atoms with Gasteiger partial charge in [-0.15, -0.1) is 287 Å². The Morgan fingerprint density at radius 3 is 0.979 bits per heavy atom. The fourth-order valence-electron chi connectivity index (χ4n) is 16.2. The van der Waals surface area contributed by atoms with Gasteiger partial charge in [0.2, 0.25) is 5.89 Å². The number of pyridine rings is 8. The van der Waals surface area contributed by atoms with E-state index in [4.69, 9.17) is 13.8 Å². The summed E-state index contributed by atoms with van der Waals surface area (Å²) in [4.78, 5) is 39.8. The molecule has 15 heteroatoms. The van der Waals surface area contributed by atoms with Crippen LogP contribution in [0, 0.1) is 76.2 Å². The van der Waals surface area contributed by atoms with E-state index in [0.29, 0.717) is 5.89 Å². The Hall–Kier alpha value is -16.1. The maximum Gasteiger partial charge on any atom is 0.229 e. The summed E-state index contributed by atoms with van der Waals surface area (Å²) in [6.45, 7) is 8.41. The first-order valence-electron chi connectivity index (χ1n) is 46.6. The third-order valence-electron chi connectivity index (χ3n) is 23.4. The molecule has 0 spiro atoms. The monoisotopic (exact) mass is 2600 g/mol. The van der Waals surface area contributed by atoms with Gasteiger partial charge in [-0.25, -0.2) is 4.98 Å². The van der Waals surface area contributed by atoms with Crippen molar-refractivity contribution in [1.29, 1.82) is 0 Å². The molecule has 718 valence electrons. The molecule has 25 aromatic rings. The van der Waals surface area contributed by atoms with E-state index < -0.39 is 0 Å². The van der Waals surface area contributed by atoms with Crippen LogP contribution in [0.1, 0.15) is 22.3 Å². The maximum absolute atomic E-state index is 5.93. The Bertz CT molecular complexity index is 7680. The number of fused-ring (bicyclic) bond motifs is 6. The molecule has 0 fully saturated rings. The molecule has 146 heavy (non-hydrogen) atoms. The summed E-state index contributed by atoms with van der Waals surface area (Å²) >= 11 is 0. The molecule has 15 aromatic carbocycles. The summed E-state index contributed by atoms with van der Waals surface area (Å²) in [5.41, 5.74) is 29.8. The minimum Gasteiger partial charge on any atom is -0.456 e. The fraction of sp³-hybridized carbons (Fsp3) is 0.0305. The van der Waals surface area contributed by atoms with Gasteiger partial charge in [0.1, 0.15) is 16.9 Å². The SMILES string of the molecule is Cc1c(-c2ccc3ccccc3c2)ccnc1-c1[c-]cccc1.Cc1cc(-c2[c-]cccc2)ncc1-c1cc2ccccc2c2ccccc12.Cc1cc(-c2[c-]cccc2)ncc1-c1cc2ccccc2o1.Cc1cc(-c2[c-]cccc2)ncc1-c1nc2ccccc2o1.[Ir].[Ir].[Ir].[Ir].[c-]1ccccc1-c1ccccn1.[c-]1ccccc1-c1ccccn1.[c-]1ccccc1-c1ccccn1.[c-]1ccccc1-c1ccccn1. The van der Waals surface area contributed by atoms with E-state index in [2.05, 4.69) is 243 Å². The first-order chi connectivity index (χ1) is 70.1. The number of oxazole rings is 1. The summed E-state index contributed by atoms with van der Waals surface area (Å²) in [6, 6.07) is 173. The molecule has 25 rings (SSSR count). The number of aromatic nitrogens is 9. The van der Waals surface area contributed by atoms with Crippen LogP contribution in [-0.4, -0.2) is 44.9 Å². The molecule has 0 bridgehead atoms. The van der Waals surface area contributed by atoms with Crippen LogP contribution in [0.5, 0.6) is 0 Å². The van der Waals surface area contributed by atoms with E-state index in [1.807, 2.05) is 341 Å². The van der Waals surface area contributed by atoms with Crippen molar-refractivity contribution in [3.05, 3.63) is 563 Å². The number of hydrogen-bond acceptors (Lipinski definition) is 11. The van der Waals surface area contributed by atoms with Gasteiger partial charge < -0.3 is 48.7 Å². The molecule has 4 radical (unpaired) electrons. The molecule has 10 heterocycles. The largest absolute Gasteiger partial charge is 0.456 e. The Balaban J connectivity index is 0.000000134. The van der Waals surface area contributed by atoms with Crippen LogP contribution in [0.2, 0.25) is 0 Å². The van der Waals surface area contributed by atoms with Gasteiger partial charge in [-0.2, -0.15) is 0 Å².